The number of nitrogens with two attached hydrogens (primary N) is 2. The molecule has 5 N–H and O–H groups in total. The van der Waals surface area contributed by atoms with E-state index in [1.54, 1.807) is 31.7 Å². The van der Waals surface area contributed by atoms with E-state index in [0.29, 0.717) is 29.4 Å². The normalized spacial score (nSPS) is 15.8. The maximum Gasteiger partial charge on any atom is 0.272 e. The molecule has 0 saturated carbocycles. The first kappa shape index (κ1) is 19.3. The molecule has 30 heavy (non-hydrogen) atoms. The highest BCUT2D eigenvalue weighted by Crippen LogP contribution is 2.35. The van der Waals surface area contributed by atoms with E-state index < -0.39 is 11.9 Å². The first-order valence-corrected chi connectivity index (χ1v) is 9.38. The van der Waals surface area contributed by atoms with E-state index in [4.69, 9.17) is 16.2 Å². The van der Waals surface area contributed by atoms with Crippen LogP contribution in [0.2, 0.25) is 0 Å². The molecule has 0 fully saturated rings. The number of ether oxygens (including phenoxy) is 1. The van der Waals surface area contributed by atoms with Gasteiger partial charge >= 0.3 is 0 Å². The van der Waals surface area contributed by atoms with Crippen LogP contribution in [-0.2, 0) is 11.3 Å². The molecule has 2 amide bonds. The summed E-state index contributed by atoms with van der Waals surface area (Å²) in [6, 6.07) is 12.1. The fourth-order valence-corrected chi connectivity index (χ4v) is 3.27. The average Bonchev–Trinajstić information content (AvgIpc) is 3.17. The molecule has 1 aliphatic heterocycles. The highest BCUT2D eigenvalue weighted by Gasteiger charge is 2.31. The van der Waals surface area contributed by atoms with Crippen LogP contribution in [0.1, 0.15) is 16.1 Å². The number of hydrogen-bond acceptors (Lipinski definition) is 6. The SMILES string of the molecule is CN1C(=O)C(NC(=O)c2cn(Cc3ccccc3)cn2)COc2cc(N)c(N)cc21. The number of nitrogens with zero attached hydrogens (tertiary/aromatic N) is 3. The maximum atomic E-state index is 12.9. The third-order valence-electron chi connectivity index (χ3n) is 4.94. The van der Waals surface area contributed by atoms with Gasteiger partial charge in [-0.15, -0.1) is 0 Å². The molecule has 1 aliphatic rings. The lowest BCUT2D eigenvalue weighted by molar-refractivity contribution is -0.120. The van der Waals surface area contributed by atoms with E-state index in [1.165, 1.54) is 4.90 Å². The van der Waals surface area contributed by atoms with Crippen molar-refractivity contribution < 1.29 is 14.3 Å². The van der Waals surface area contributed by atoms with E-state index in [2.05, 4.69) is 10.3 Å². The van der Waals surface area contributed by atoms with Gasteiger partial charge < -0.3 is 31.0 Å². The van der Waals surface area contributed by atoms with Crippen molar-refractivity contribution in [1.82, 2.24) is 14.9 Å². The van der Waals surface area contributed by atoms with Crippen molar-refractivity contribution in [2.24, 2.45) is 0 Å². The molecule has 0 saturated heterocycles. The minimum Gasteiger partial charge on any atom is -0.489 e. The summed E-state index contributed by atoms with van der Waals surface area (Å²) >= 11 is 0. The number of carbonyl (C=O) groups is 2. The molecule has 9 nitrogen and oxygen atoms in total. The van der Waals surface area contributed by atoms with Crippen LogP contribution in [0.5, 0.6) is 5.75 Å². The van der Waals surface area contributed by atoms with Crippen LogP contribution < -0.4 is 26.4 Å². The summed E-state index contributed by atoms with van der Waals surface area (Å²) in [7, 11) is 1.60. The Morgan fingerprint density at radius 1 is 1.23 bits per heavy atom. The Kier molecular flexibility index (Phi) is 5.01. The van der Waals surface area contributed by atoms with Gasteiger partial charge in [0.1, 0.15) is 24.1 Å². The Balaban J connectivity index is 1.47. The lowest BCUT2D eigenvalue weighted by Crippen LogP contribution is -2.49. The van der Waals surface area contributed by atoms with Gasteiger partial charge in [-0.2, -0.15) is 0 Å². The summed E-state index contributed by atoms with van der Waals surface area (Å²) in [5, 5.41) is 2.70. The fourth-order valence-electron chi connectivity index (χ4n) is 3.27. The van der Waals surface area contributed by atoms with Gasteiger partial charge in [0.25, 0.3) is 11.8 Å². The van der Waals surface area contributed by atoms with E-state index in [0.717, 1.165) is 5.56 Å². The van der Waals surface area contributed by atoms with Gasteiger partial charge in [0, 0.05) is 25.9 Å². The van der Waals surface area contributed by atoms with Gasteiger partial charge in [0.15, 0.2) is 0 Å². The zero-order valence-electron chi connectivity index (χ0n) is 16.4. The van der Waals surface area contributed by atoms with Crippen molar-refractivity contribution in [2.45, 2.75) is 12.6 Å². The molecule has 1 unspecified atom stereocenters. The summed E-state index contributed by atoms with van der Waals surface area (Å²) in [5.41, 5.74) is 14.2. The fraction of sp³-hybridized carbons (Fsp3) is 0.190. The number of benzene rings is 2. The Hall–Kier alpha value is -4.01. The van der Waals surface area contributed by atoms with Crippen molar-refractivity contribution in [3.8, 4) is 5.75 Å². The number of aromatic nitrogens is 2. The smallest absolute Gasteiger partial charge is 0.272 e. The van der Waals surface area contributed by atoms with Crippen LogP contribution in [-0.4, -0.2) is 41.1 Å². The number of anilines is 3. The first-order chi connectivity index (χ1) is 14.4. The second-order valence-corrected chi connectivity index (χ2v) is 7.10. The summed E-state index contributed by atoms with van der Waals surface area (Å²) < 4.78 is 7.53. The highest BCUT2D eigenvalue weighted by atomic mass is 16.5. The van der Waals surface area contributed by atoms with Crippen LogP contribution in [0.15, 0.2) is 55.0 Å². The van der Waals surface area contributed by atoms with Gasteiger partial charge in [0.2, 0.25) is 0 Å². The molecule has 4 rings (SSSR count). The van der Waals surface area contributed by atoms with Gasteiger partial charge in [0.05, 0.1) is 23.4 Å². The Bertz CT molecular complexity index is 1100. The van der Waals surface area contributed by atoms with Crippen LogP contribution in [0, 0.1) is 0 Å². The van der Waals surface area contributed by atoms with Gasteiger partial charge in [-0.25, -0.2) is 4.98 Å². The second-order valence-electron chi connectivity index (χ2n) is 7.10. The van der Waals surface area contributed by atoms with Crippen LogP contribution in [0.3, 0.4) is 0 Å². The number of rotatable bonds is 4. The van der Waals surface area contributed by atoms with Gasteiger partial charge in [-0.05, 0) is 11.6 Å². The molecular formula is C21H22N6O3. The van der Waals surface area contributed by atoms with E-state index in [1.807, 2.05) is 34.9 Å². The van der Waals surface area contributed by atoms with Crippen LogP contribution in [0.25, 0.3) is 0 Å². The van der Waals surface area contributed by atoms with Crippen molar-refractivity contribution in [3.05, 3.63) is 66.2 Å². The minimum atomic E-state index is -0.878. The molecule has 0 bridgehead atoms. The van der Waals surface area contributed by atoms with Crippen molar-refractivity contribution >= 4 is 28.9 Å². The molecule has 3 aromatic rings. The predicted octanol–water partition coefficient (Wildman–Crippen LogP) is 1.25. The summed E-state index contributed by atoms with van der Waals surface area (Å²) in [5.74, 6) is -0.349. The summed E-state index contributed by atoms with van der Waals surface area (Å²) in [6.07, 6.45) is 3.23. The predicted molar refractivity (Wildman–Crippen MR) is 113 cm³/mol. The number of hydrogen-bond donors (Lipinski definition) is 3. The molecule has 0 spiro atoms. The number of nitrogen functional groups attached to an aromatic ring is 2. The molecular weight excluding hydrogens is 384 g/mol. The molecule has 1 atom stereocenters. The Morgan fingerprint density at radius 2 is 1.97 bits per heavy atom. The lowest BCUT2D eigenvalue weighted by Gasteiger charge is -2.20. The minimum absolute atomic E-state index is 0.0318. The average molecular weight is 406 g/mol. The number of imidazole rings is 1. The first-order valence-electron chi connectivity index (χ1n) is 9.38. The number of likely N-dealkylation sites (N-methyl/N-ethyl adjacent to an activating group) is 1. The van der Waals surface area contributed by atoms with Gasteiger partial charge in [-0.1, -0.05) is 30.3 Å². The summed E-state index contributed by atoms with van der Waals surface area (Å²) in [6.45, 7) is 0.559. The van der Waals surface area contributed by atoms with E-state index in [9.17, 15) is 9.59 Å². The monoisotopic (exact) mass is 406 g/mol. The molecule has 2 aromatic carbocycles. The molecule has 0 aliphatic carbocycles. The van der Waals surface area contributed by atoms with Crippen LogP contribution in [0.4, 0.5) is 17.1 Å². The van der Waals surface area contributed by atoms with Crippen molar-refractivity contribution in [1.29, 1.82) is 0 Å². The molecule has 9 heteroatoms. The third-order valence-corrected chi connectivity index (χ3v) is 4.94. The number of carbonyl (C=O) groups excluding carboxylic acids is 2. The zero-order valence-corrected chi connectivity index (χ0v) is 16.4. The largest absolute Gasteiger partial charge is 0.489 e. The standard InChI is InChI=1S/C21H22N6O3/c1-26-18-7-14(22)15(23)8-19(18)30-11-17(21(26)29)25-20(28)16-10-27(12-24-16)9-13-5-3-2-4-6-13/h2-8,10,12,17H,9,11,22-23H2,1H3,(H,25,28). The molecule has 0 radical (unpaired) electrons. The van der Waals surface area contributed by atoms with Crippen LogP contribution >= 0.6 is 0 Å². The third kappa shape index (κ3) is 3.77. The topological polar surface area (TPSA) is 128 Å². The molecule has 1 aromatic heterocycles. The zero-order chi connectivity index (χ0) is 21.3. The van der Waals surface area contributed by atoms with Gasteiger partial charge in [-0.3, -0.25) is 9.59 Å². The van der Waals surface area contributed by atoms with E-state index >= 15 is 0 Å². The van der Waals surface area contributed by atoms with Crippen molar-refractivity contribution in [2.75, 3.05) is 30.0 Å². The summed E-state index contributed by atoms with van der Waals surface area (Å²) in [4.78, 5) is 31.1. The number of amides is 2. The maximum absolute atomic E-state index is 12.9. The second kappa shape index (κ2) is 7.78. The van der Waals surface area contributed by atoms with E-state index in [-0.39, 0.29) is 18.2 Å². The number of nitrogens with one attached hydrogen (secondary N) is 1. The highest BCUT2D eigenvalue weighted by molar-refractivity contribution is 6.03. The molecule has 2 heterocycles. The van der Waals surface area contributed by atoms with Crippen molar-refractivity contribution in [3.63, 3.8) is 0 Å². The Labute approximate surface area is 173 Å². The number of fused-ring (bicyclic) bond motifs is 1. The lowest BCUT2D eigenvalue weighted by atomic mass is 10.2. The molecule has 154 valence electrons. The quantitative estimate of drug-likeness (QED) is 0.560. The Morgan fingerprint density at radius 3 is 2.73 bits per heavy atom.